The van der Waals surface area contributed by atoms with Gasteiger partial charge in [0.25, 0.3) is 0 Å². The number of aliphatic imine (C=N–C) groups is 2. The lowest BCUT2D eigenvalue weighted by molar-refractivity contribution is 0.650. The van der Waals surface area contributed by atoms with Crippen molar-refractivity contribution in [3.63, 3.8) is 0 Å². The molecule has 10 heavy (non-hydrogen) atoms. The second-order valence-electron chi connectivity index (χ2n) is 2.11. The molecule has 0 saturated carbocycles. The summed E-state index contributed by atoms with van der Waals surface area (Å²) in [5.74, 6) is 1.01. The van der Waals surface area contributed by atoms with Crippen molar-refractivity contribution < 1.29 is 0 Å². The van der Waals surface area contributed by atoms with E-state index in [1.54, 1.807) is 6.21 Å². The van der Waals surface area contributed by atoms with Crippen molar-refractivity contribution in [3.05, 3.63) is 12.3 Å². The van der Waals surface area contributed by atoms with Crippen LogP contribution in [0.2, 0.25) is 0 Å². The van der Waals surface area contributed by atoms with Crippen molar-refractivity contribution in [2.45, 2.75) is 0 Å². The molecular weight excluding hydrogens is 128 g/mol. The normalized spacial score (nSPS) is 21.4. The van der Waals surface area contributed by atoms with E-state index in [9.17, 15) is 0 Å². The van der Waals surface area contributed by atoms with Gasteiger partial charge in [0.15, 0.2) is 0 Å². The third kappa shape index (κ3) is 0.655. The third-order valence-corrected chi connectivity index (χ3v) is 1.35. The minimum atomic E-state index is 0.374. The molecule has 0 amide bonds. The SMILES string of the molecule is N=C1CN2C=CC=NC2=N1. The molecule has 0 spiro atoms. The molecule has 0 aliphatic carbocycles. The van der Waals surface area contributed by atoms with Gasteiger partial charge in [-0.3, -0.25) is 5.41 Å². The Balaban J connectivity index is 2.37. The van der Waals surface area contributed by atoms with Crippen LogP contribution >= 0.6 is 0 Å². The topological polar surface area (TPSA) is 51.8 Å². The molecule has 0 radical (unpaired) electrons. The Hall–Kier alpha value is -1.45. The summed E-state index contributed by atoms with van der Waals surface area (Å²) in [6.07, 6.45) is 5.37. The predicted molar refractivity (Wildman–Crippen MR) is 39.5 cm³/mol. The van der Waals surface area contributed by atoms with Gasteiger partial charge >= 0.3 is 0 Å². The molecule has 0 saturated heterocycles. The van der Waals surface area contributed by atoms with Crippen LogP contribution in [0.4, 0.5) is 0 Å². The highest BCUT2D eigenvalue weighted by molar-refractivity contribution is 6.06. The molecule has 0 unspecified atom stereocenters. The van der Waals surface area contributed by atoms with Gasteiger partial charge in [0.1, 0.15) is 5.84 Å². The number of rotatable bonds is 0. The Kier molecular flexibility index (Phi) is 0.943. The zero-order valence-corrected chi connectivity index (χ0v) is 5.28. The average Bonchev–Trinajstić information content (AvgIpc) is 2.27. The predicted octanol–water partition coefficient (Wildman–Crippen LogP) is 0.233. The molecular formula is C6H6N4. The maximum absolute atomic E-state index is 7.21. The molecule has 4 heteroatoms. The zero-order chi connectivity index (χ0) is 6.97. The van der Waals surface area contributed by atoms with Gasteiger partial charge in [-0.15, -0.1) is 0 Å². The van der Waals surface area contributed by atoms with Crippen LogP contribution in [-0.2, 0) is 0 Å². The first kappa shape index (κ1) is 5.34. The van der Waals surface area contributed by atoms with Crippen LogP contribution in [0, 0.1) is 5.41 Å². The van der Waals surface area contributed by atoms with Crippen molar-refractivity contribution in [1.29, 1.82) is 5.41 Å². The highest BCUT2D eigenvalue weighted by atomic mass is 15.3. The fourth-order valence-electron chi connectivity index (χ4n) is 0.927. The Morgan fingerprint density at radius 2 is 2.50 bits per heavy atom. The molecule has 1 N–H and O–H groups in total. The summed E-state index contributed by atoms with van der Waals surface area (Å²) in [7, 11) is 0. The highest BCUT2D eigenvalue weighted by Crippen LogP contribution is 2.06. The van der Waals surface area contributed by atoms with E-state index in [0.29, 0.717) is 18.3 Å². The van der Waals surface area contributed by atoms with E-state index in [-0.39, 0.29) is 0 Å². The summed E-state index contributed by atoms with van der Waals surface area (Å²) in [5.41, 5.74) is 0. The average molecular weight is 134 g/mol. The summed E-state index contributed by atoms with van der Waals surface area (Å²) in [5, 5.41) is 7.21. The van der Waals surface area contributed by atoms with Crippen molar-refractivity contribution in [2.75, 3.05) is 6.54 Å². The highest BCUT2D eigenvalue weighted by Gasteiger charge is 2.18. The summed E-state index contributed by atoms with van der Waals surface area (Å²) in [4.78, 5) is 9.69. The fourth-order valence-corrected chi connectivity index (χ4v) is 0.927. The second kappa shape index (κ2) is 1.76. The van der Waals surface area contributed by atoms with Crippen LogP contribution < -0.4 is 0 Å². The molecule has 0 bridgehead atoms. The minimum Gasteiger partial charge on any atom is -0.309 e. The Labute approximate surface area is 58.1 Å². The van der Waals surface area contributed by atoms with E-state index < -0.39 is 0 Å². The van der Waals surface area contributed by atoms with Gasteiger partial charge < -0.3 is 4.90 Å². The third-order valence-electron chi connectivity index (χ3n) is 1.35. The first-order valence-electron chi connectivity index (χ1n) is 3.00. The van der Waals surface area contributed by atoms with Crippen LogP contribution in [0.1, 0.15) is 0 Å². The zero-order valence-electron chi connectivity index (χ0n) is 5.28. The molecule has 2 aliphatic rings. The first-order valence-corrected chi connectivity index (χ1v) is 3.00. The summed E-state index contributed by atoms with van der Waals surface area (Å²) < 4.78 is 0. The summed E-state index contributed by atoms with van der Waals surface area (Å²) >= 11 is 0. The number of hydrogen-bond acceptors (Lipinski definition) is 3. The van der Waals surface area contributed by atoms with Crippen LogP contribution in [-0.4, -0.2) is 29.5 Å². The number of nitrogens with one attached hydrogen (secondary N) is 1. The lowest BCUT2D eigenvalue weighted by Gasteiger charge is -2.11. The largest absolute Gasteiger partial charge is 0.309 e. The van der Waals surface area contributed by atoms with Gasteiger partial charge in [-0.05, 0) is 6.08 Å². The van der Waals surface area contributed by atoms with Crippen LogP contribution in [0.25, 0.3) is 0 Å². The van der Waals surface area contributed by atoms with E-state index in [2.05, 4.69) is 9.98 Å². The summed E-state index contributed by atoms with van der Waals surface area (Å²) in [6, 6.07) is 0. The van der Waals surface area contributed by atoms with Gasteiger partial charge in [0, 0.05) is 12.4 Å². The van der Waals surface area contributed by atoms with E-state index in [0.717, 1.165) is 0 Å². The van der Waals surface area contributed by atoms with E-state index in [1.165, 1.54) is 0 Å². The number of guanidine groups is 1. The summed E-state index contributed by atoms with van der Waals surface area (Å²) in [6.45, 7) is 0.559. The Morgan fingerprint density at radius 3 is 3.30 bits per heavy atom. The van der Waals surface area contributed by atoms with E-state index in [4.69, 9.17) is 5.41 Å². The number of amidine groups is 1. The molecule has 4 nitrogen and oxygen atoms in total. The molecule has 2 heterocycles. The monoisotopic (exact) mass is 134 g/mol. The van der Waals surface area contributed by atoms with Crippen LogP contribution in [0.3, 0.4) is 0 Å². The van der Waals surface area contributed by atoms with Gasteiger partial charge in [-0.1, -0.05) is 0 Å². The number of hydrogen-bond donors (Lipinski definition) is 1. The lowest BCUT2D eigenvalue weighted by Crippen LogP contribution is -2.22. The molecule has 0 atom stereocenters. The molecule has 0 aromatic rings. The maximum atomic E-state index is 7.21. The molecule has 2 aliphatic heterocycles. The van der Waals surface area contributed by atoms with Gasteiger partial charge in [0.05, 0.1) is 6.54 Å². The van der Waals surface area contributed by atoms with Crippen LogP contribution in [0.5, 0.6) is 0 Å². The van der Waals surface area contributed by atoms with Crippen molar-refractivity contribution in [1.82, 2.24) is 4.90 Å². The maximum Gasteiger partial charge on any atom is 0.231 e. The van der Waals surface area contributed by atoms with Gasteiger partial charge in [-0.2, -0.15) is 4.99 Å². The Morgan fingerprint density at radius 1 is 1.60 bits per heavy atom. The molecule has 50 valence electrons. The minimum absolute atomic E-state index is 0.374. The van der Waals surface area contributed by atoms with E-state index in [1.807, 2.05) is 17.2 Å². The smallest absolute Gasteiger partial charge is 0.231 e. The molecule has 2 rings (SSSR count). The molecule has 0 aromatic carbocycles. The standard InChI is InChI=1S/C6H6N4/c7-5-4-10-3-1-2-8-6(10)9-5/h1-3,7H,4H2. The van der Waals surface area contributed by atoms with Crippen molar-refractivity contribution >= 4 is 18.0 Å². The quantitative estimate of drug-likeness (QED) is 0.506. The van der Waals surface area contributed by atoms with Crippen molar-refractivity contribution in [2.24, 2.45) is 9.98 Å². The van der Waals surface area contributed by atoms with Gasteiger partial charge in [-0.25, -0.2) is 4.99 Å². The molecule has 0 fully saturated rings. The van der Waals surface area contributed by atoms with Crippen molar-refractivity contribution in [3.8, 4) is 0 Å². The Bertz CT molecular complexity index is 261. The molecule has 0 aromatic heterocycles. The number of nitrogens with zero attached hydrogens (tertiary/aromatic N) is 3. The van der Waals surface area contributed by atoms with Gasteiger partial charge in [0.2, 0.25) is 5.96 Å². The number of fused-ring (bicyclic) bond motifs is 1. The first-order chi connectivity index (χ1) is 4.86. The second-order valence-corrected chi connectivity index (χ2v) is 2.11. The van der Waals surface area contributed by atoms with Crippen LogP contribution in [0.15, 0.2) is 22.3 Å². The lowest BCUT2D eigenvalue weighted by atomic mass is 10.5. The fraction of sp³-hybridized carbons (Fsp3) is 0.167. The van der Waals surface area contributed by atoms with E-state index >= 15 is 0 Å². The number of allylic oxidation sites excluding steroid dienone is 1.